The zero-order valence-corrected chi connectivity index (χ0v) is 66.1. The van der Waals surface area contributed by atoms with Crippen LogP contribution in [0.25, 0.3) is 0 Å². The molecular weight excluding hydrogens is 1560 g/mol. The largest absolute Gasteiger partial charge is 0.508 e. The summed E-state index contributed by atoms with van der Waals surface area (Å²) in [6.45, 7) is 5.56. The summed E-state index contributed by atoms with van der Waals surface area (Å²) in [5.74, 6) is -19.6. The number of aromatic nitrogens is 2. The molecule has 3 aromatic carbocycles. The number of rotatable bonds is 47. The van der Waals surface area contributed by atoms with Crippen LogP contribution in [0.1, 0.15) is 127 Å². The van der Waals surface area contributed by atoms with Crippen molar-refractivity contribution >= 4 is 101 Å². The minimum absolute atomic E-state index is 0.00299. The van der Waals surface area contributed by atoms with Gasteiger partial charge in [0, 0.05) is 57.9 Å². The molecule has 4 aromatic rings. The molecule has 2 fully saturated rings. The van der Waals surface area contributed by atoms with E-state index in [0.29, 0.717) is 17.5 Å². The number of phenols is 2. The van der Waals surface area contributed by atoms with Gasteiger partial charge in [-0.2, -0.15) is 0 Å². The highest BCUT2D eigenvalue weighted by atomic mass is 16.4. The molecule has 42 nitrogen and oxygen atoms in total. The van der Waals surface area contributed by atoms with Crippen molar-refractivity contribution < 1.29 is 112 Å². The highest BCUT2D eigenvalue weighted by Gasteiger charge is 2.44. The molecule has 13 amide bonds. The number of carbonyl (C=O) groups is 16. The normalized spacial score (nSPS) is 17.0. The summed E-state index contributed by atoms with van der Waals surface area (Å²) in [4.78, 5) is 231. The number of nitrogens with zero attached hydrogens (tertiary/aromatic N) is 3. The van der Waals surface area contributed by atoms with E-state index in [-0.39, 0.29) is 99.7 Å². The summed E-state index contributed by atoms with van der Waals surface area (Å²) in [6.07, 6.45) is -5.72. The number of nitrogens with two attached hydrogens (primary N) is 3. The van der Waals surface area contributed by atoms with Crippen molar-refractivity contribution in [2.45, 2.75) is 221 Å². The van der Waals surface area contributed by atoms with E-state index >= 15 is 0 Å². The minimum Gasteiger partial charge on any atom is -0.508 e. The lowest BCUT2D eigenvalue weighted by atomic mass is 9.99. The number of carbonyl (C=O) groups excluding carboxylic acids is 13. The van der Waals surface area contributed by atoms with E-state index in [1.165, 1.54) is 72.9 Å². The first-order valence-electron chi connectivity index (χ1n) is 38.7. The molecule has 6 rings (SSSR count). The van der Waals surface area contributed by atoms with Crippen LogP contribution in [0, 0.1) is 11.3 Å². The van der Waals surface area contributed by atoms with Crippen LogP contribution in [-0.4, -0.2) is 267 Å². The van der Waals surface area contributed by atoms with Gasteiger partial charge in [-0.3, -0.25) is 77.3 Å². The van der Waals surface area contributed by atoms with Gasteiger partial charge in [0.1, 0.15) is 84.0 Å². The number of phenolic OH excluding ortho intramolecular Hbond substituents is 2. The van der Waals surface area contributed by atoms with E-state index in [4.69, 9.17) is 22.6 Å². The van der Waals surface area contributed by atoms with Gasteiger partial charge in [0.05, 0.1) is 36.7 Å². The number of imidazole rings is 1. The molecule has 2 saturated heterocycles. The number of aliphatic hydroxyl groups is 2. The summed E-state index contributed by atoms with van der Waals surface area (Å²) in [7, 11) is 0. The smallest absolute Gasteiger partial charge is 0.326 e. The monoisotopic (exact) mass is 1670 g/mol. The van der Waals surface area contributed by atoms with E-state index in [1.54, 1.807) is 44.2 Å². The Bertz CT molecular complexity index is 4210. The molecule has 648 valence electrons. The maximum atomic E-state index is 14.9. The number of nitrogens with one attached hydrogen (secondary N) is 13. The van der Waals surface area contributed by atoms with Gasteiger partial charge in [0.2, 0.25) is 76.8 Å². The first-order valence-corrected chi connectivity index (χ1v) is 38.7. The van der Waals surface area contributed by atoms with Gasteiger partial charge in [-0.15, -0.1) is 0 Å². The number of carboxylic acids is 3. The second kappa shape index (κ2) is 46.2. The molecule has 0 bridgehead atoms. The van der Waals surface area contributed by atoms with Crippen LogP contribution in [0.5, 0.6) is 11.5 Å². The van der Waals surface area contributed by atoms with Crippen molar-refractivity contribution in [2.24, 2.45) is 23.1 Å². The SMILES string of the molecule is CC(C)C[C@H](NC(=O)[C@H](Cc1ccc(O)cc1)NC(=O)[C@H](Cc1c[nH]cn1)NC(=O)[C@H](Cc1ccc(O)cc1)NC(=O)[C@@H](NC(=O)[C@H](CC(=O)O)NC(=O)[C@H](CCC(N)=O)NC(=O)[C@@H]1CCCN1C(=O)[C@H](CCC(=O)O)NC(=O)[C@H](CCCNC(=N)N)NC(=O)[C@@H](NC(=O)[C@@H](N)Cc1ccccc1)[C@@H](C)O)[C@@H](C)O)C(=O)N1CCC[C@H]1C(=O)O. The quantitative estimate of drug-likeness (QED) is 0.0112. The third-order valence-corrected chi connectivity index (χ3v) is 19.6. The lowest BCUT2D eigenvalue weighted by Gasteiger charge is -2.31. The van der Waals surface area contributed by atoms with Crippen LogP contribution in [0.3, 0.4) is 0 Å². The second-order valence-corrected chi connectivity index (χ2v) is 29.6. The molecule has 119 heavy (non-hydrogen) atoms. The average molecular weight is 1670 g/mol. The van der Waals surface area contributed by atoms with E-state index in [0.717, 1.165) is 11.8 Å². The van der Waals surface area contributed by atoms with Crippen molar-refractivity contribution in [2.75, 3.05) is 19.6 Å². The van der Waals surface area contributed by atoms with Gasteiger partial charge < -0.3 is 126 Å². The van der Waals surface area contributed by atoms with E-state index in [9.17, 15) is 112 Å². The number of hydrogen-bond donors (Lipinski definition) is 23. The Morgan fingerprint density at radius 1 is 0.496 bits per heavy atom. The maximum Gasteiger partial charge on any atom is 0.326 e. The summed E-state index contributed by atoms with van der Waals surface area (Å²) in [5.41, 5.74) is 18.6. The van der Waals surface area contributed by atoms with Crippen molar-refractivity contribution in [1.29, 1.82) is 5.41 Å². The number of H-pyrrole nitrogens is 1. The van der Waals surface area contributed by atoms with Gasteiger partial charge >= 0.3 is 17.9 Å². The van der Waals surface area contributed by atoms with Gasteiger partial charge in [0.25, 0.3) is 0 Å². The first kappa shape index (κ1) is 95.0. The molecule has 15 atom stereocenters. The van der Waals surface area contributed by atoms with Crippen LogP contribution in [0.2, 0.25) is 0 Å². The molecule has 26 N–H and O–H groups in total. The summed E-state index contributed by atoms with van der Waals surface area (Å²) in [6, 6.07) is -2.23. The number of carboxylic acid groups (broad SMARTS) is 3. The van der Waals surface area contributed by atoms with Crippen LogP contribution >= 0.6 is 0 Å². The standard InChI is InChI=1S/C77H107N19O23/c1-39(2)31-56(75(117)96-30-10-15-58(96)76(118)119)92-68(110)52(33-43-16-20-46(99)21-17-43)88-69(111)54(35-45-37-82-38-84-45)89-67(109)53(34-44-18-22-47(100)23-19-44)91-73(115)63(41(4)98)94-70(112)55(36-61(104)105)90-66(108)50(24-26-59(79)101)85-71(113)57-14-9-29-95(57)74(116)51(25-27-60(102)103)87-65(107)49(13-8-28-83-77(80)81)86-72(114)62(40(3)97)93-64(106)48(78)32-42-11-6-5-7-12-42/h5-7,11-12,16-23,37-41,48-58,62-63,97-100H,8-10,13-15,24-36,78H2,1-4H3,(H2,79,101)(H,82,84)(H,85,113)(H,86,114)(H,87,107)(H,88,111)(H,89,109)(H,90,108)(H,91,115)(H,92,110)(H,93,106)(H,94,112)(H,102,103)(H,104,105)(H,118,119)(H4,80,81,83)/t40-,41-,48+,49+,50+,51+,52+,53+,54+,55+,56+,57+,58+,62+,63+/m1/s1. The number of amides is 13. The predicted molar refractivity (Wildman–Crippen MR) is 420 cm³/mol. The van der Waals surface area contributed by atoms with Crippen molar-refractivity contribution in [1.82, 2.24) is 78.3 Å². The number of guanidine groups is 1. The molecule has 2 aliphatic heterocycles. The minimum atomic E-state index is -2.21. The van der Waals surface area contributed by atoms with E-state index in [2.05, 4.69) is 68.5 Å². The Labute approximate surface area is 683 Å². The number of hydrogen-bond acceptors (Lipinski definition) is 23. The number of aromatic amines is 1. The molecular formula is C77H107N19O23. The second-order valence-electron chi connectivity index (χ2n) is 29.6. The number of benzene rings is 3. The fraction of sp³-hybridized carbons (Fsp3) is 0.506. The number of aliphatic carboxylic acids is 3. The Balaban J connectivity index is 1.22. The third-order valence-electron chi connectivity index (χ3n) is 19.6. The Morgan fingerprint density at radius 3 is 1.42 bits per heavy atom. The Hall–Kier alpha value is -12.9. The van der Waals surface area contributed by atoms with Crippen molar-refractivity contribution in [3.63, 3.8) is 0 Å². The van der Waals surface area contributed by atoms with E-state index < -0.39 is 236 Å². The van der Waals surface area contributed by atoms with Gasteiger partial charge in [-0.25, -0.2) is 9.78 Å². The molecule has 3 heterocycles. The zero-order valence-electron chi connectivity index (χ0n) is 66.1. The molecule has 0 aliphatic carbocycles. The Kier molecular flexibility index (Phi) is 36.9. The van der Waals surface area contributed by atoms with Crippen LogP contribution < -0.4 is 75.7 Å². The molecule has 42 heteroatoms. The molecule has 0 spiro atoms. The lowest BCUT2D eigenvalue weighted by molar-refractivity contribution is -0.149. The van der Waals surface area contributed by atoms with Crippen molar-refractivity contribution in [3.05, 3.63) is 114 Å². The first-order chi connectivity index (χ1) is 56.3. The van der Waals surface area contributed by atoms with Crippen LogP contribution in [-0.2, 0) is 102 Å². The number of primary amides is 1. The zero-order chi connectivity index (χ0) is 87.9. The highest BCUT2D eigenvalue weighted by Crippen LogP contribution is 2.24. The predicted octanol–water partition coefficient (Wildman–Crippen LogP) is -4.99. The molecule has 0 saturated carbocycles. The molecule has 1 aromatic heterocycles. The van der Waals surface area contributed by atoms with Gasteiger partial charge in [-0.05, 0) is 125 Å². The summed E-state index contributed by atoms with van der Waals surface area (Å²) in [5, 5.41) is 107. The van der Waals surface area contributed by atoms with Gasteiger partial charge in [-0.1, -0.05) is 68.4 Å². The van der Waals surface area contributed by atoms with Gasteiger partial charge in [0.15, 0.2) is 5.96 Å². The van der Waals surface area contributed by atoms with Crippen LogP contribution in [0.15, 0.2) is 91.4 Å². The van der Waals surface area contributed by atoms with E-state index in [1.807, 2.05) is 0 Å². The molecule has 0 radical (unpaired) electrons. The van der Waals surface area contributed by atoms with Crippen LogP contribution in [0.4, 0.5) is 0 Å². The fourth-order valence-electron chi connectivity index (χ4n) is 13.4. The number of aliphatic hydroxyl groups excluding tert-OH is 2. The molecule has 2 aliphatic rings. The lowest BCUT2D eigenvalue weighted by Crippen LogP contribution is -2.62. The number of aromatic hydroxyl groups is 2. The topological polar surface area (TPSA) is 684 Å². The maximum absolute atomic E-state index is 14.9. The number of likely N-dealkylation sites (tertiary alicyclic amines) is 2. The molecule has 0 unspecified atom stereocenters. The summed E-state index contributed by atoms with van der Waals surface area (Å²) >= 11 is 0. The average Bonchev–Trinajstić information content (AvgIpc) is 1.74. The Morgan fingerprint density at radius 2 is 0.933 bits per heavy atom. The fourth-order valence-corrected chi connectivity index (χ4v) is 13.4. The summed E-state index contributed by atoms with van der Waals surface area (Å²) < 4.78 is 0. The third kappa shape index (κ3) is 30.6. The highest BCUT2D eigenvalue weighted by molar-refractivity contribution is 6.01. The van der Waals surface area contributed by atoms with Crippen molar-refractivity contribution in [3.8, 4) is 11.5 Å².